The fraction of sp³-hybridized carbons (Fsp3) is 0.462. The maximum atomic E-state index is 11.6. The van der Waals surface area contributed by atoms with Gasteiger partial charge in [-0.1, -0.05) is 38.3 Å². The highest BCUT2D eigenvalue weighted by Crippen LogP contribution is 2.23. The van der Waals surface area contributed by atoms with Crippen molar-refractivity contribution in [2.45, 2.75) is 39.0 Å². The summed E-state index contributed by atoms with van der Waals surface area (Å²) in [5.74, 6) is -0.166. The van der Waals surface area contributed by atoms with Crippen molar-refractivity contribution in [3.63, 3.8) is 0 Å². The molecule has 0 aliphatic rings. The number of hydrogen-bond acceptors (Lipinski definition) is 3. The van der Waals surface area contributed by atoms with Crippen LogP contribution in [0.2, 0.25) is 0 Å². The molecule has 1 amide bonds. The predicted molar refractivity (Wildman–Crippen MR) is 70.5 cm³/mol. The van der Waals surface area contributed by atoms with Crippen LogP contribution in [0, 0.1) is 10.1 Å². The van der Waals surface area contributed by atoms with Crippen LogP contribution >= 0.6 is 0 Å². The van der Waals surface area contributed by atoms with Gasteiger partial charge in [0, 0.05) is 12.5 Å². The van der Waals surface area contributed by atoms with E-state index in [1.807, 2.05) is 0 Å². The van der Waals surface area contributed by atoms with Crippen LogP contribution < -0.4 is 5.32 Å². The largest absolute Gasteiger partial charge is 0.320 e. The Morgan fingerprint density at radius 1 is 1.28 bits per heavy atom. The van der Waals surface area contributed by atoms with E-state index in [0.29, 0.717) is 6.42 Å². The normalized spacial score (nSPS) is 10.1. The molecule has 0 bridgehead atoms. The van der Waals surface area contributed by atoms with Gasteiger partial charge in [-0.15, -0.1) is 0 Å². The Labute approximate surface area is 106 Å². The molecule has 98 valence electrons. The summed E-state index contributed by atoms with van der Waals surface area (Å²) in [5, 5.41) is 13.3. The summed E-state index contributed by atoms with van der Waals surface area (Å²) in [6.45, 7) is 2.10. The first-order valence-corrected chi connectivity index (χ1v) is 6.18. The summed E-state index contributed by atoms with van der Waals surface area (Å²) in [7, 11) is 0. The first-order valence-electron chi connectivity index (χ1n) is 6.18. The van der Waals surface area contributed by atoms with Crippen LogP contribution in [0.15, 0.2) is 24.3 Å². The van der Waals surface area contributed by atoms with Crippen LogP contribution in [0.3, 0.4) is 0 Å². The summed E-state index contributed by atoms with van der Waals surface area (Å²) in [6, 6.07) is 6.17. The molecular formula is C13H18N2O3. The molecule has 1 aromatic carbocycles. The minimum atomic E-state index is -0.493. The lowest BCUT2D eigenvalue weighted by Crippen LogP contribution is -2.12. The number of para-hydroxylation sites is 2. The lowest BCUT2D eigenvalue weighted by atomic mass is 10.1. The van der Waals surface area contributed by atoms with E-state index in [2.05, 4.69) is 12.2 Å². The lowest BCUT2D eigenvalue weighted by molar-refractivity contribution is -0.383. The fourth-order valence-electron chi connectivity index (χ4n) is 1.66. The number of nitrogens with zero attached hydrogens (tertiary/aromatic N) is 1. The maximum Gasteiger partial charge on any atom is 0.292 e. The van der Waals surface area contributed by atoms with E-state index in [4.69, 9.17) is 0 Å². The Kier molecular flexibility index (Phi) is 5.84. The minimum Gasteiger partial charge on any atom is -0.320 e. The highest BCUT2D eigenvalue weighted by Gasteiger charge is 2.14. The molecule has 0 atom stereocenters. The summed E-state index contributed by atoms with van der Waals surface area (Å²) >= 11 is 0. The number of unbranched alkanes of at least 4 members (excludes halogenated alkanes) is 3. The Balaban J connectivity index is 2.51. The monoisotopic (exact) mass is 250 g/mol. The molecule has 1 rings (SSSR count). The van der Waals surface area contributed by atoms with Gasteiger partial charge in [0.25, 0.3) is 5.69 Å². The number of hydrogen-bond donors (Lipinski definition) is 1. The smallest absolute Gasteiger partial charge is 0.292 e. The molecule has 0 heterocycles. The number of nitro groups is 1. The molecule has 0 radical (unpaired) electrons. The van der Waals surface area contributed by atoms with Gasteiger partial charge in [0.1, 0.15) is 5.69 Å². The molecule has 18 heavy (non-hydrogen) atoms. The molecule has 1 N–H and O–H groups in total. The third kappa shape index (κ3) is 4.53. The highest BCUT2D eigenvalue weighted by molar-refractivity contribution is 5.92. The quantitative estimate of drug-likeness (QED) is 0.457. The van der Waals surface area contributed by atoms with Crippen molar-refractivity contribution in [2.24, 2.45) is 0 Å². The van der Waals surface area contributed by atoms with E-state index in [1.165, 1.54) is 6.07 Å². The number of benzene rings is 1. The van der Waals surface area contributed by atoms with Crippen molar-refractivity contribution < 1.29 is 9.72 Å². The summed E-state index contributed by atoms with van der Waals surface area (Å²) in [6.07, 6.45) is 4.47. The van der Waals surface area contributed by atoms with Crippen molar-refractivity contribution in [2.75, 3.05) is 5.32 Å². The SMILES string of the molecule is CCCCCCC(=O)Nc1ccccc1[N+](=O)[O-]. The summed E-state index contributed by atoms with van der Waals surface area (Å²) in [4.78, 5) is 21.9. The zero-order valence-electron chi connectivity index (χ0n) is 10.5. The molecule has 0 spiro atoms. The molecule has 5 heteroatoms. The van der Waals surface area contributed by atoms with E-state index in [1.54, 1.807) is 18.2 Å². The van der Waals surface area contributed by atoms with Gasteiger partial charge in [-0.05, 0) is 12.5 Å². The van der Waals surface area contributed by atoms with Gasteiger partial charge in [-0.3, -0.25) is 14.9 Å². The summed E-state index contributed by atoms with van der Waals surface area (Å²) < 4.78 is 0. The molecule has 5 nitrogen and oxygen atoms in total. The molecule has 0 aliphatic carbocycles. The number of nitrogens with one attached hydrogen (secondary N) is 1. The number of carbonyl (C=O) groups is 1. The third-order valence-electron chi connectivity index (χ3n) is 2.63. The first-order chi connectivity index (χ1) is 8.65. The van der Waals surface area contributed by atoms with Crippen molar-refractivity contribution in [1.82, 2.24) is 0 Å². The van der Waals surface area contributed by atoms with E-state index in [9.17, 15) is 14.9 Å². The Bertz CT molecular complexity index is 418. The maximum absolute atomic E-state index is 11.6. The predicted octanol–water partition coefficient (Wildman–Crippen LogP) is 3.50. The Morgan fingerprint density at radius 3 is 2.67 bits per heavy atom. The number of nitro benzene ring substituents is 1. The van der Waals surface area contributed by atoms with Crippen molar-refractivity contribution >= 4 is 17.3 Å². The number of rotatable bonds is 7. The van der Waals surface area contributed by atoms with Gasteiger partial charge < -0.3 is 5.32 Å². The van der Waals surface area contributed by atoms with E-state index in [-0.39, 0.29) is 17.3 Å². The van der Waals surface area contributed by atoms with Crippen molar-refractivity contribution in [3.05, 3.63) is 34.4 Å². The molecular weight excluding hydrogens is 232 g/mol. The average Bonchev–Trinajstić information content (AvgIpc) is 2.35. The first kappa shape index (κ1) is 14.2. The van der Waals surface area contributed by atoms with Crippen LogP contribution in [-0.4, -0.2) is 10.8 Å². The van der Waals surface area contributed by atoms with Gasteiger partial charge >= 0.3 is 0 Å². The third-order valence-corrected chi connectivity index (χ3v) is 2.63. The molecule has 0 aromatic heterocycles. The van der Waals surface area contributed by atoms with Crippen LogP contribution in [0.1, 0.15) is 39.0 Å². The second-order valence-corrected chi connectivity index (χ2v) is 4.13. The van der Waals surface area contributed by atoms with Gasteiger partial charge in [-0.25, -0.2) is 0 Å². The Morgan fingerprint density at radius 2 is 2.00 bits per heavy atom. The van der Waals surface area contributed by atoms with Crippen LogP contribution in [0.4, 0.5) is 11.4 Å². The highest BCUT2D eigenvalue weighted by atomic mass is 16.6. The number of amides is 1. The van der Waals surface area contributed by atoms with Crippen molar-refractivity contribution in [3.8, 4) is 0 Å². The number of carbonyl (C=O) groups excluding carboxylic acids is 1. The molecule has 1 aromatic rings. The van der Waals surface area contributed by atoms with E-state index in [0.717, 1.165) is 25.7 Å². The Hall–Kier alpha value is -1.91. The van der Waals surface area contributed by atoms with Gasteiger partial charge in [-0.2, -0.15) is 0 Å². The molecule has 0 saturated carbocycles. The number of anilines is 1. The summed E-state index contributed by atoms with van der Waals surface area (Å²) in [5.41, 5.74) is 0.197. The van der Waals surface area contributed by atoms with E-state index < -0.39 is 4.92 Å². The standard InChI is InChI=1S/C13H18N2O3/c1-2-3-4-5-10-13(16)14-11-8-6-7-9-12(11)15(17)18/h6-9H,2-5,10H2,1H3,(H,14,16). The van der Waals surface area contributed by atoms with Gasteiger partial charge in [0.2, 0.25) is 5.91 Å². The van der Waals surface area contributed by atoms with Crippen LogP contribution in [-0.2, 0) is 4.79 Å². The zero-order valence-corrected chi connectivity index (χ0v) is 10.5. The second kappa shape index (κ2) is 7.42. The molecule has 0 aliphatic heterocycles. The molecule has 0 saturated heterocycles. The topological polar surface area (TPSA) is 72.2 Å². The molecule has 0 unspecified atom stereocenters. The van der Waals surface area contributed by atoms with Crippen LogP contribution in [0.25, 0.3) is 0 Å². The van der Waals surface area contributed by atoms with Gasteiger partial charge in [0.15, 0.2) is 0 Å². The van der Waals surface area contributed by atoms with Crippen LogP contribution in [0.5, 0.6) is 0 Å². The minimum absolute atomic E-state index is 0.0700. The molecule has 0 fully saturated rings. The van der Waals surface area contributed by atoms with Gasteiger partial charge in [0.05, 0.1) is 4.92 Å². The fourth-order valence-corrected chi connectivity index (χ4v) is 1.66. The van der Waals surface area contributed by atoms with Crippen molar-refractivity contribution in [1.29, 1.82) is 0 Å². The average molecular weight is 250 g/mol. The zero-order chi connectivity index (χ0) is 13.4. The van der Waals surface area contributed by atoms with E-state index >= 15 is 0 Å². The lowest BCUT2D eigenvalue weighted by Gasteiger charge is -2.05. The second-order valence-electron chi connectivity index (χ2n) is 4.13.